The molecule has 0 radical (unpaired) electrons. The Morgan fingerprint density at radius 1 is 1.40 bits per heavy atom. The maximum atomic E-state index is 2.25. The highest BCUT2D eigenvalue weighted by Crippen LogP contribution is 1.93. The van der Waals surface area contributed by atoms with Gasteiger partial charge < -0.3 is 4.90 Å². The number of hydrogen-bond donors (Lipinski definition) is 0. The molecule has 0 spiro atoms. The van der Waals surface area contributed by atoms with Gasteiger partial charge in [-0.15, -0.1) is 0 Å². The lowest BCUT2D eigenvalue weighted by molar-refractivity contribution is 0.698. The first-order valence-electron chi connectivity index (χ1n) is 1.58. The second-order valence-electron chi connectivity index (χ2n) is 1.30. The zero-order valence-electron chi connectivity index (χ0n) is 2.86. The quantitative estimate of drug-likeness (QED) is 0.379. The van der Waals surface area contributed by atoms with Gasteiger partial charge in [0.2, 0.25) is 0 Å². The van der Waals surface area contributed by atoms with E-state index in [1.165, 1.54) is 13.1 Å². The average Bonchev–Trinajstić information content (AvgIpc) is 1.75. The van der Waals surface area contributed by atoms with Crippen molar-refractivity contribution in [3.8, 4) is 0 Å². The monoisotopic (exact) mass is 73.1 g/mol. The molecule has 0 aliphatic carbocycles. The fraction of sp³-hybridized carbons (Fsp3) is 1.00. The number of nitrogens with zero attached hydrogens (tertiary/aromatic N) is 1. The van der Waals surface area contributed by atoms with Crippen molar-refractivity contribution in [2.24, 2.45) is 0 Å². The standard InChI is InChI=1S/C3H7N.CH4/c1-4-2-3-4;/h2-3H2,1H3;1H4. The second kappa shape index (κ2) is 1.41. The van der Waals surface area contributed by atoms with E-state index < -0.39 is 0 Å². The maximum Gasteiger partial charge on any atom is 0.0107 e. The summed E-state index contributed by atoms with van der Waals surface area (Å²) in [5, 5.41) is 0. The van der Waals surface area contributed by atoms with Gasteiger partial charge in [0, 0.05) is 13.1 Å². The molecule has 1 heteroatoms. The molecule has 5 heavy (non-hydrogen) atoms. The summed E-state index contributed by atoms with van der Waals surface area (Å²) in [6.07, 6.45) is 0. The van der Waals surface area contributed by atoms with Crippen LogP contribution >= 0.6 is 0 Å². The first-order valence-corrected chi connectivity index (χ1v) is 1.58. The van der Waals surface area contributed by atoms with E-state index in [9.17, 15) is 0 Å². The van der Waals surface area contributed by atoms with Crippen LogP contribution in [0, 0.1) is 0 Å². The predicted molar refractivity (Wildman–Crippen MR) is 24.2 cm³/mol. The highest BCUT2D eigenvalue weighted by molar-refractivity contribution is 4.64. The second-order valence-corrected chi connectivity index (χ2v) is 1.30. The Kier molecular flexibility index (Phi) is 1.40. The van der Waals surface area contributed by atoms with Crippen LogP contribution in [0.5, 0.6) is 0 Å². The molecule has 0 unspecified atom stereocenters. The molecule has 1 heterocycles. The fourth-order valence-electron chi connectivity index (χ4n) is 0.1000. The lowest BCUT2D eigenvalue weighted by Gasteiger charge is -1.66. The topological polar surface area (TPSA) is 3.01 Å². The molecule has 0 atom stereocenters. The van der Waals surface area contributed by atoms with Gasteiger partial charge in [0.05, 0.1) is 0 Å². The molecule has 0 bridgehead atoms. The SMILES string of the molecule is C.CN1CC1. The molecule has 0 saturated carbocycles. The van der Waals surface area contributed by atoms with Crippen LogP contribution in [0.1, 0.15) is 7.43 Å². The predicted octanol–water partition coefficient (Wildman–Crippen LogP) is 0.568. The average molecular weight is 73.1 g/mol. The van der Waals surface area contributed by atoms with Gasteiger partial charge in [-0.2, -0.15) is 0 Å². The summed E-state index contributed by atoms with van der Waals surface area (Å²) in [6, 6.07) is 0. The molecule has 1 aliphatic heterocycles. The Bertz CT molecular complexity index is 22.8. The Morgan fingerprint density at radius 3 is 1.60 bits per heavy atom. The Labute approximate surface area is 33.6 Å². The summed E-state index contributed by atoms with van der Waals surface area (Å²) in [4.78, 5) is 2.25. The van der Waals surface area contributed by atoms with E-state index in [0.29, 0.717) is 0 Å². The molecule has 0 aromatic carbocycles. The van der Waals surface area contributed by atoms with E-state index in [1.807, 2.05) is 0 Å². The third-order valence-electron chi connectivity index (χ3n) is 0.671. The Hall–Kier alpha value is -0.0400. The van der Waals surface area contributed by atoms with Crippen molar-refractivity contribution in [3.05, 3.63) is 0 Å². The Balaban J connectivity index is 0.000000160. The van der Waals surface area contributed by atoms with Crippen LogP contribution in [-0.4, -0.2) is 25.0 Å². The minimum atomic E-state index is 0. The summed E-state index contributed by atoms with van der Waals surface area (Å²) in [6.45, 7) is 2.64. The molecule has 0 amide bonds. The molecule has 1 nitrogen and oxygen atoms in total. The van der Waals surface area contributed by atoms with Crippen LogP contribution in [0.4, 0.5) is 0 Å². The van der Waals surface area contributed by atoms with Crippen LogP contribution < -0.4 is 0 Å². The number of rotatable bonds is 0. The summed E-state index contributed by atoms with van der Waals surface area (Å²) in [7, 11) is 2.11. The summed E-state index contributed by atoms with van der Waals surface area (Å²) < 4.78 is 0. The molecule has 1 saturated heterocycles. The van der Waals surface area contributed by atoms with Gasteiger partial charge in [0.1, 0.15) is 0 Å². The minimum absolute atomic E-state index is 0. The normalized spacial score (nSPS) is 21.0. The fourth-order valence-corrected chi connectivity index (χ4v) is 0.1000. The first kappa shape index (κ1) is 4.96. The van der Waals surface area contributed by atoms with Gasteiger partial charge in [0.25, 0.3) is 0 Å². The van der Waals surface area contributed by atoms with Gasteiger partial charge in [-0.3, -0.25) is 0 Å². The number of likely N-dealkylation sites (N-methyl/N-ethyl adjacent to an activating group) is 1. The lowest BCUT2D eigenvalue weighted by Crippen LogP contribution is -1.75. The third-order valence-corrected chi connectivity index (χ3v) is 0.671. The van der Waals surface area contributed by atoms with E-state index >= 15 is 0 Å². The molecule has 0 aromatic heterocycles. The van der Waals surface area contributed by atoms with Crippen molar-refractivity contribution >= 4 is 0 Å². The highest BCUT2D eigenvalue weighted by atomic mass is 15.2. The molecule has 1 fully saturated rings. The summed E-state index contributed by atoms with van der Waals surface area (Å²) in [5.74, 6) is 0. The van der Waals surface area contributed by atoms with Gasteiger partial charge in [-0.1, -0.05) is 7.43 Å². The zero-order valence-corrected chi connectivity index (χ0v) is 2.86. The minimum Gasteiger partial charge on any atom is -0.304 e. The van der Waals surface area contributed by atoms with Gasteiger partial charge >= 0.3 is 0 Å². The van der Waals surface area contributed by atoms with Crippen molar-refractivity contribution in [3.63, 3.8) is 0 Å². The van der Waals surface area contributed by atoms with E-state index in [0.717, 1.165) is 0 Å². The van der Waals surface area contributed by atoms with Crippen molar-refractivity contribution < 1.29 is 0 Å². The van der Waals surface area contributed by atoms with Gasteiger partial charge in [-0.25, -0.2) is 0 Å². The molecule has 32 valence electrons. The first-order chi connectivity index (χ1) is 1.89. The van der Waals surface area contributed by atoms with Crippen molar-refractivity contribution in [1.82, 2.24) is 4.90 Å². The van der Waals surface area contributed by atoms with Crippen molar-refractivity contribution in [2.45, 2.75) is 7.43 Å². The van der Waals surface area contributed by atoms with Crippen LogP contribution in [0.15, 0.2) is 0 Å². The highest BCUT2D eigenvalue weighted by Gasteiger charge is 2.07. The molecular weight excluding hydrogens is 62.1 g/mol. The Morgan fingerprint density at radius 2 is 1.60 bits per heavy atom. The molecule has 0 N–H and O–H groups in total. The third kappa shape index (κ3) is 1.74. The van der Waals surface area contributed by atoms with E-state index in [-0.39, 0.29) is 7.43 Å². The van der Waals surface area contributed by atoms with Crippen LogP contribution in [0.3, 0.4) is 0 Å². The van der Waals surface area contributed by atoms with E-state index in [2.05, 4.69) is 11.9 Å². The summed E-state index contributed by atoms with van der Waals surface area (Å²) in [5.41, 5.74) is 0. The molecule has 1 rings (SSSR count). The largest absolute Gasteiger partial charge is 0.304 e. The van der Waals surface area contributed by atoms with Crippen LogP contribution in [-0.2, 0) is 0 Å². The lowest BCUT2D eigenvalue weighted by atomic mass is 11.0. The molecular formula is C4H11N. The number of hydrogen-bond acceptors (Lipinski definition) is 1. The van der Waals surface area contributed by atoms with E-state index in [4.69, 9.17) is 0 Å². The smallest absolute Gasteiger partial charge is 0.0107 e. The summed E-state index contributed by atoms with van der Waals surface area (Å²) >= 11 is 0. The molecule has 1 aliphatic rings. The van der Waals surface area contributed by atoms with Crippen LogP contribution in [0.25, 0.3) is 0 Å². The molecule has 0 aromatic rings. The maximum absolute atomic E-state index is 2.25. The van der Waals surface area contributed by atoms with Gasteiger partial charge in [-0.05, 0) is 7.05 Å². The van der Waals surface area contributed by atoms with E-state index in [1.54, 1.807) is 0 Å². The van der Waals surface area contributed by atoms with Crippen LogP contribution in [0.2, 0.25) is 0 Å². The van der Waals surface area contributed by atoms with Crippen molar-refractivity contribution in [2.75, 3.05) is 20.1 Å². The zero-order chi connectivity index (χ0) is 2.99. The van der Waals surface area contributed by atoms with Crippen molar-refractivity contribution in [1.29, 1.82) is 0 Å². The van der Waals surface area contributed by atoms with Gasteiger partial charge in [0.15, 0.2) is 0 Å².